The van der Waals surface area contributed by atoms with Crippen LogP contribution in [0.4, 0.5) is 4.39 Å². The van der Waals surface area contributed by atoms with Gasteiger partial charge in [-0.05, 0) is 86.6 Å². The van der Waals surface area contributed by atoms with Gasteiger partial charge in [0.1, 0.15) is 34.8 Å². The van der Waals surface area contributed by atoms with Gasteiger partial charge in [-0.1, -0.05) is 18.2 Å². The molecule has 1 heterocycles. The molecule has 0 bridgehead atoms. The number of aromatic nitrogens is 1. The molecule has 0 aliphatic carbocycles. The summed E-state index contributed by atoms with van der Waals surface area (Å²) in [5.41, 5.74) is -0.253. The van der Waals surface area contributed by atoms with Gasteiger partial charge in [-0.25, -0.2) is 9.37 Å². The number of hydrogen-bond acceptors (Lipinski definition) is 7. The maximum atomic E-state index is 13.1. The summed E-state index contributed by atoms with van der Waals surface area (Å²) in [6.07, 6.45) is -1.37. The number of rotatable bonds is 10. The van der Waals surface area contributed by atoms with Crippen molar-refractivity contribution in [3.63, 3.8) is 0 Å². The monoisotopic (exact) mass is 559 g/mol. The van der Waals surface area contributed by atoms with E-state index in [2.05, 4.69) is 15.6 Å². The highest BCUT2D eigenvalue weighted by molar-refractivity contribution is 5.96. The molecule has 0 spiro atoms. The molecule has 0 aliphatic rings. The molecule has 5 N–H and O–H groups in total. The molecular formula is C31H30FN3O6. The largest absolute Gasteiger partial charge is 0.507 e. The van der Waals surface area contributed by atoms with Gasteiger partial charge in [0.15, 0.2) is 0 Å². The molecule has 2 amide bonds. The fraction of sp³-hybridized carbons (Fsp3) is 0.194. The normalized spacial score (nSPS) is 12.7. The Morgan fingerprint density at radius 3 is 2.20 bits per heavy atom. The molecule has 0 radical (unpaired) electrons. The number of nitrogens with one attached hydrogen (secondary N) is 2. The first-order valence-corrected chi connectivity index (χ1v) is 12.8. The van der Waals surface area contributed by atoms with Crippen molar-refractivity contribution in [2.75, 3.05) is 6.54 Å². The quantitative estimate of drug-likeness (QED) is 0.197. The Morgan fingerprint density at radius 1 is 0.927 bits per heavy atom. The lowest BCUT2D eigenvalue weighted by Gasteiger charge is -2.27. The van der Waals surface area contributed by atoms with Gasteiger partial charge in [-0.3, -0.25) is 9.59 Å². The van der Waals surface area contributed by atoms with Crippen molar-refractivity contribution in [1.29, 1.82) is 0 Å². The number of aliphatic hydroxyl groups is 2. The third-order valence-electron chi connectivity index (χ3n) is 6.16. The minimum Gasteiger partial charge on any atom is -0.507 e. The molecule has 0 aliphatic heterocycles. The van der Waals surface area contributed by atoms with Crippen LogP contribution in [-0.4, -0.2) is 50.3 Å². The number of nitrogens with zero attached hydrogens (tertiary/aromatic N) is 1. The minimum absolute atomic E-state index is 0.0292. The highest BCUT2D eigenvalue weighted by Gasteiger charge is 2.31. The topological polar surface area (TPSA) is 141 Å². The molecule has 41 heavy (non-hydrogen) atoms. The zero-order valence-electron chi connectivity index (χ0n) is 22.4. The number of carbonyl (C=O) groups is 2. The van der Waals surface area contributed by atoms with Crippen LogP contribution in [0.15, 0.2) is 91.0 Å². The number of aromatic hydroxyl groups is 1. The third-order valence-corrected chi connectivity index (χ3v) is 6.16. The van der Waals surface area contributed by atoms with Crippen molar-refractivity contribution in [2.24, 2.45) is 0 Å². The summed E-state index contributed by atoms with van der Waals surface area (Å²) in [6.45, 7) is 2.38. The highest BCUT2D eigenvalue weighted by Crippen LogP contribution is 2.27. The summed E-state index contributed by atoms with van der Waals surface area (Å²) in [5, 5.41) is 36.5. The van der Waals surface area contributed by atoms with Gasteiger partial charge >= 0.3 is 0 Å². The molecular weight excluding hydrogens is 529 g/mol. The number of phenolic OH excluding ortho intramolecular Hbond substituents is 1. The predicted molar refractivity (Wildman–Crippen MR) is 150 cm³/mol. The van der Waals surface area contributed by atoms with Gasteiger partial charge in [0.05, 0.1) is 23.0 Å². The number of para-hydroxylation sites is 1. The first-order chi connectivity index (χ1) is 19.5. The fourth-order valence-electron chi connectivity index (χ4n) is 3.87. The number of benzene rings is 3. The molecule has 0 saturated heterocycles. The molecule has 4 aromatic rings. The third kappa shape index (κ3) is 7.65. The van der Waals surface area contributed by atoms with E-state index in [-0.39, 0.29) is 29.4 Å². The second kappa shape index (κ2) is 12.6. The van der Waals surface area contributed by atoms with Gasteiger partial charge in [0.25, 0.3) is 11.8 Å². The van der Waals surface area contributed by atoms with Crippen molar-refractivity contribution in [2.45, 2.75) is 31.6 Å². The van der Waals surface area contributed by atoms with Crippen LogP contribution >= 0.6 is 0 Å². The van der Waals surface area contributed by atoms with Crippen molar-refractivity contribution in [3.8, 4) is 28.5 Å². The van der Waals surface area contributed by atoms with Gasteiger partial charge in [-0.2, -0.15) is 0 Å². The summed E-state index contributed by atoms with van der Waals surface area (Å²) in [4.78, 5) is 29.8. The van der Waals surface area contributed by atoms with Gasteiger partial charge in [-0.15, -0.1) is 0 Å². The molecule has 2 unspecified atom stereocenters. The Labute approximate surface area is 236 Å². The van der Waals surface area contributed by atoms with Crippen LogP contribution < -0.4 is 15.4 Å². The zero-order chi connectivity index (χ0) is 29.6. The number of aliphatic hydroxyl groups excluding tert-OH is 1. The number of ether oxygens (including phenoxy) is 1. The van der Waals surface area contributed by atoms with E-state index in [0.29, 0.717) is 17.2 Å². The standard InChI is InChI=1S/C31H30FN3O6/c1-31(2,40)30(39)35-26(18-33-29(38)23-6-3-4-9-27(23)36)28(37)25-8-5-7-24(34-25)19-10-14-21(15-11-19)41-22-16-12-20(32)13-17-22/h3-17,26,28,36-37,40H,18H2,1-2H3,(H,33,38)(H,35,39). The number of phenols is 1. The van der Waals surface area contributed by atoms with E-state index >= 15 is 0 Å². The van der Waals surface area contributed by atoms with E-state index < -0.39 is 29.6 Å². The maximum Gasteiger partial charge on any atom is 0.255 e. The Kier molecular flexibility index (Phi) is 8.96. The van der Waals surface area contributed by atoms with Crippen LogP contribution in [0.5, 0.6) is 17.2 Å². The van der Waals surface area contributed by atoms with E-state index in [0.717, 1.165) is 5.56 Å². The zero-order valence-corrected chi connectivity index (χ0v) is 22.4. The highest BCUT2D eigenvalue weighted by atomic mass is 19.1. The van der Waals surface area contributed by atoms with Crippen molar-refractivity contribution in [3.05, 3.63) is 108 Å². The van der Waals surface area contributed by atoms with Crippen molar-refractivity contribution in [1.82, 2.24) is 15.6 Å². The molecule has 0 fully saturated rings. The average molecular weight is 560 g/mol. The molecule has 212 valence electrons. The first kappa shape index (κ1) is 29.2. The Morgan fingerprint density at radius 2 is 1.56 bits per heavy atom. The number of hydrogen-bond donors (Lipinski definition) is 5. The number of carbonyl (C=O) groups excluding carboxylic acids is 2. The molecule has 0 saturated carbocycles. The maximum absolute atomic E-state index is 13.1. The van der Waals surface area contributed by atoms with Crippen molar-refractivity contribution >= 4 is 11.8 Å². The van der Waals surface area contributed by atoms with Crippen LogP contribution in [-0.2, 0) is 4.79 Å². The van der Waals surface area contributed by atoms with E-state index in [1.807, 2.05) is 0 Å². The van der Waals surface area contributed by atoms with E-state index in [4.69, 9.17) is 4.74 Å². The molecule has 9 nitrogen and oxygen atoms in total. The van der Waals surface area contributed by atoms with Crippen LogP contribution in [0.25, 0.3) is 11.3 Å². The smallest absolute Gasteiger partial charge is 0.255 e. The SMILES string of the molecule is CC(C)(O)C(=O)NC(CNC(=O)c1ccccc1O)C(O)c1cccc(-c2ccc(Oc3ccc(F)cc3)cc2)n1. The Bertz CT molecular complexity index is 1500. The molecule has 10 heteroatoms. The number of amides is 2. The molecule has 2 atom stereocenters. The van der Waals surface area contributed by atoms with Crippen molar-refractivity contribution < 1.29 is 34.0 Å². The summed E-state index contributed by atoms with van der Waals surface area (Å²) in [5.74, 6) is -0.928. The number of halogens is 1. The first-order valence-electron chi connectivity index (χ1n) is 12.8. The molecule has 1 aromatic heterocycles. The van der Waals surface area contributed by atoms with E-state index in [1.54, 1.807) is 54.6 Å². The van der Waals surface area contributed by atoms with Gasteiger partial charge in [0, 0.05) is 12.1 Å². The second-order valence-electron chi connectivity index (χ2n) is 9.84. The summed E-state index contributed by atoms with van der Waals surface area (Å²) in [7, 11) is 0. The minimum atomic E-state index is -1.74. The van der Waals surface area contributed by atoms with Crippen LogP contribution in [0.2, 0.25) is 0 Å². The van der Waals surface area contributed by atoms with Crippen LogP contribution in [0.3, 0.4) is 0 Å². The van der Waals surface area contributed by atoms with Crippen LogP contribution in [0.1, 0.15) is 36.0 Å². The number of pyridine rings is 1. The summed E-state index contributed by atoms with van der Waals surface area (Å²) >= 11 is 0. The molecule has 3 aromatic carbocycles. The summed E-state index contributed by atoms with van der Waals surface area (Å²) in [6, 6.07) is 22.6. The Hall–Kier alpha value is -4.80. The van der Waals surface area contributed by atoms with Crippen LogP contribution in [0, 0.1) is 5.82 Å². The van der Waals surface area contributed by atoms with E-state index in [1.165, 1.54) is 50.2 Å². The second-order valence-corrected chi connectivity index (χ2v) is 9.84. The molecule has 4 rings (SSSR count). The lowest BCUT2D eigenvalue weighted by Crippen LogP contribution is -2.52. The van der Waals surface area contributed by atoms with E-state index in [9.17, 15) is 29.3 Å². The summed E-state index contributed by atoms with van der Waals surface area (Å²) < 4.78 is 18.9. The fourth-order valence-corrected chi connectivity index (χ4v) is 3.87. The van der Waals surface area contributed by atoms with Gasteiger partial charge in [0.2, 0.25) is 0 Å². The Balaban J connectivity index is 1.52. The lowest BCUT2D eigenvalue weighted by atomic mass is 10.0. The average Bonchev–Trinajstić information content (AvgIpc) is 2.96. The lowest BCUT2D eigenvalue weighted by molar-refractivity contribution is -0.138. The van der Waals surface area contributed by atoms with Gasteiger partial charge < -0.3 is 30.7 Å². The predicted octanol–water partition coefficient (Wildman–Crippen LogP) is 4.10.